The number of carbonyl (C=O) groups is 1. The average Bonchev–Trinajstić information content (AvgIpc) is 3.07. The molecule has 2 aromatic carbocycles. The Kier molecular flexibility index (Phi) is 4.93. The van der Waals surface area contributed by atoms with E-state index in [4.69, 9.17) is 4.42 Å². The van der Waals surface area contributed by atoms with Gasteiger partial charge >= 0.3 is 5.76 Å². The molecule has 1 N–H and O–H groups in total. The van der Waals surface area contributed by atoms with Crippen molar-refractivity contribution < 1.29 is 18.0 Å². The SMILES string of the molecule is Cn1nc(-c2cc(-c3ccc(NC(=O)c4c(F)cccc4F)cc3)ccn2)oc1=O. The van der Waals surface area contributed by atoms with Crippen LogP contribution >= 0.6 is 0 Å². The lowest BCUT2D eigenvalue weighted by Crippen LogP contribution is -2.15. The molecule has 2 heterocycles. The maximum absolute atomic E-state index is 13.8. The molecule has 2 aromatic heterocycles. The summed E-state index contributed by atoms with van der Waals surface area (Å²) in [6, 6.07) is 13.3. The molecular formula is C21H14F2N4O3. The van der Waals surface area contributed by atoms with Crippen LogP contribution in [0.1, 0.15) is 10.4 Å². The largest absolute Gasteiger partial charge is 0.437 e. The van der Waals surface area contributed by atoms with Crippen molar-refractivity contribution in [3.8, 4) is 22.7 Å². The van der Waals surface area contributed by atoms with Gasteiger partial charge in [0.25, 0.3) is 11.8 Å². The Morgan fingerprint density at radius 1 is 1.03 bits per heavy atom. The zero-order valence-corrected chi connectivity index (χ0v) is 15.6. The van der Waals surface area contributed by atoms with Gasteiger partial charge in [0.15, 0.2) is 0 Å². The zero-order chi connectivity index (χ0) is 21.3. The quantitative estimate of drug-likeness (QED) is 0.557. The van der Waals surface area contributed by atoms with Gasteiger partial charge in [-0.3, -0.25) is 9.78 Å². The maximum atomic E-state index is 13.8. The first kappa shape index (κ1) is 19.2. The van der Waals surface area contributed by atoms with Crippen molar-refractivity contribution in [3.05, 3.63) is 88.5 Å². The van der Waals surface area contributed by atoms with Gasteiger partial charge in [-0.25, -0.2) is 13.6 Å². The molecule has 0 bridgehead atoms. The van der Waals surface area contributed by atoms with E-state index in [0.29, 0.717) is 11.4 Å². The molecule has 0 aliphatic carbocycles. The minimum absolute atomic E-state index is 0.0974. The number of anilines is 1. The Morgan fingerprint density at radius 3 is 2.37 bits per heavy atom. The van der Waals surface area contributed by atoms with E-state index in [9.17, 15) is 18.4 Å². The van der Waals surface area contributed by atoms with Crippen molar-refractivity contribution in [1.29, 1.82) is 0 Å². The fourth-order valence-electron chi connectivity index (χ4n) is 2.83. The number of halogens is 2. The number of rotatable bonds is 4. The number of pyridine rings is 1. The van der Waals surface area contributed by atoms with Crippen LogP contribution < -0.4 is 11.1 Å². The molecule has 1 amide bonds. The molecule has 0 atom stereocenters. The second-order valence-corrected chi connectivity index (χ2v) is 6.35. The van der Waals surface area contributed by atoms with Crippen LogP contribution in [0.2, 0.25) is 0 Å². The molecule has 150 valence electrons. The molecule has 7 nitrogen and oxygen atoms in total. The highest BCUT2D eigenvalue weighted by molar-refractivity contribution is 6.04. The molecule has 0 aliphatic rings. The Labute approximate surface area is 168 Å². The van der Waals surface area contributed by atoms with Crippen LogP contribution in [0.25, 0.3) is 22.7 Å². The van der Waals surface area contributed by atoms with Crippen LogP contribution in [-0.2, 0) is 7.05 Å². The summed E-state index contributed by atoms with van der Waals surface area (Å²) in [6.45, 7) is 0. The lowest BCUT2D eigenvalue weighted by atomic mass is 10.1. The van der Waals surface area contributed by atoms with Gasteiger partial charge in [-0.15, -0.1) is 5.10 Å². The maximum Gasteiger partial charge on any atom is 0.437 e. The molecule has 0 aliphatic heterocycles. The van der Waals surface area contributed by atoms with E-state index in [1.165, 1.54) is 13.1 Å². The summed E-state index contributed by atoms with van der Waals surface area (Å²) in [6.07, 6.45) is 1.55. The molecule has 30 heavy (non-hydrogen) atoms. The second kappa shape index (κ2) is 7.70. The lowest BCUT2D eigenvalue weighted by molar-refractivity contribution is 0.101. The molecule has 0 saturated carbocycles. The zero-order valence-electron chi connectivity index (χ0n) is 15.6. The second-order valence-electron chi connectivity index (χ2n) is 6.35. The van der Waals surface area contributed by atoms with Gasteiger partial charge in [0.1, 0.15) is 22.9 Å². The van der Waals surface area contributed by atoms with E-state index in [-0.39, 0.29) is 5.89 Å². The van der Waals surface area contributed by atoms with E-state index in [2.05, 4.69) is 15.4 Å². The Morgan fingerprint density at radius 2 is 1.73 bits per heavy atom. The molecule has 9 heteroatoms. The molecule has 0 fully saturated rings. The monoisotopic (exact) mass is 408 g/mol. The molecule has 0 radical (unpaired) electrons. The molecule has 0 unspecified atom stereocenters. The van der Waals surface area contributed by atoms with Crippen LogP contribution in [0, 0.1) is 11.6 Å². The van der Waals surface area contributed by atoms with E-state index in [1.807, 2.05) is 0 Å². The van der Waals surface area contributed by atoms with E-state index in [1.54, 1.807) is 42.6 Å². The van der Waals surface area contributed by atoms with Crippen molar-refractivity contribution in [2.75, 3.05) is 5.32 Å². The minimum atomic E-state index is -0.936. The predicted octanol–water partition coefficient (Wildman–Crippen LogP) is 3.63. The van der Waals surface area contributed by atoms with Crippen LogP contribution in [-0.4, -0.2) is 20.7 Å². The Bertz CT molecular complexity index is 1280. The number of benzene rings is 2. The minimum Gasteiger partial charge on any atom is -0.386 e. The summed E-state index contributed by atoms with van der Waals surface area (Å²) in [5, 5.41) is 6.44. The van der Waals surface area contributed by atoms with Crippen molar-refractivity contribution in [2.24, 2.45) is 7.05 Å². The van der Waals surface area contributed by atoms with Crippen LogP contribution in [0.5, 0.6) is 0 Å². The van der Waals surface area contributed by atoms with Crippen LogP contribution in [0.3, 0.4) is 0 Å². The third-order valence-corrected chi connectivity index (χ3v) is 4.33. The normalized spacial score (nSPS) is 10.8. The van der Waals surface area contributed by atoms with Gasteiger partial charge in [-0.05, 0) is 47.5 Å². The number of aromatic nitrogens is 3. The number of hydrogen-bond acceptors (Lipinski definition) is 5. The molecular weight excluding hydrogens is 394 g/mol. The predicted molar refractivity (Wildman–Crippen MR) is 105 cm³/mol. The first-order valence-electron chi connectivity index (χ1n) is 8.79. The van der Waals surface area contributed by atoms with Gasteiger partial charge in [-0.2, -0.15) is 4.68 Å². The van der Waals surface area contributed by atoms with Crippen molar-refractivity contribution >= 4 is 11.6 Å². The van der Waals surface area contributed by atoms with Crippen LogP contribution in [0.4, 0.5) is 14.5 Å². The Hall–Kier alpha value is -4.14. The van der Waals surface area contributed by atoms with Crippen molar-refractivity contribution in [2.45, 2.75) is 0 Å². The summed E-state index contributed by atoms with van der Waals surface area (Å²) in [7, 11) is 1.47. The van der Waals surface area contributed by atoms with Crippen molar-refractivity contribution in [3.63, 3.8) is 0 Å². The fraction of sp³-hybridized carbons (Fsp3) is 0.0476. The highest BCUT2D eigenvalue weighted by atomic mass is 19.1. The topological polar surface area (TPSA) is 90.0 Å². The molecule has 0 saturated heterocycles. The highest BCUT2D eigenvalue weighted by Gasteiger charge is 2.17. The number of amides is 1. The molecule has 4 aromatic rings. The highest BCUT2D eigenvalue weighted by Crippen LogP contribution is 2.25. The summed E-state index contributed by atoms with van der Waals surface area (Å²) >= 11 is 0. The van der Waals surface area contributed by atoms with E-state index in [0.717, 1.165) is 27.9 Å². The first-order chi connectivity index (χ1) is 14.4. The standard InChI is InChI=1S/C21H14F2N4O3/c1-27-21(29)30-20(26-27)17-11-13(9-10-24-17)12-5-7-14(8-6-12)25-19(28)18-15(22)3-2-4-16(18)23/h2-11H,1H3,(H,25,28). The first-order valence-corrected chi connectivity index (χ1v) is 8.79. The summed E-state index contributed by atoms with van der Waals surface area (Å²) in [5.41, 5.74) is 1.67. The number of aryl methyl sites for hydroxylation is 1. The third kappa shape index (κ3) is 3.72. The fourth-order valence-corrected chi connectivity index (χ4v) is 2.83. The number of carbonyl (C=O) groups excluding carboxylic acids is 1. The van der Waals surface area contributed by atoms with Gasteiger partial charge < -0.3 is 9.73 Å². The summed E-state index contributed by atoms with van der Waals surface area (Å²) < 4.78 is 33.6. The average molecular weight is 408 g/mol. The number of hydrogen-bond donors (Lipinski definition) is 1. The summed E-state index contributed by atoms with van der Waals surface area (Å²) in [5.74, 6) is -3.25. The van der Waals surface area contributed by atoms with E-state index < -0.39 is 28.9 Å². The van der Waals surface area contributed by atoms with E-state index >= 15 is 0 Å². The lowest BCUT2D eigenvalue weighted by Gasteiger charge is -2.08. The molecule has 0 spiro atoms. The smallest absolute Gasteiger partial charge is 0.386 e. The number of nitrogens with one attached hydrogen (secondary N) is 1. The van der Waals surface area contributed by atoms with Gasteiger partial charge in [0.05, 0.1) is 0 Å². The van der Waals surface area contributed by atoms with Gasteiger partial charge in [0, 0.05) is 18.9 Å². The van der Waals surface area contributed by atoms with Crippen LogP contribution in [0.15, 0.2) is 70.0 Å². The summed E-state index contributed by atoms with van der Waals surface area (Å²) in [4.78, 5) is 27.8. The molecule has 4 rings (SSSR count). The number of nitrogens with zero attached hydrogens (tertiary/aromatic N) is 3. The van der Waals surface area contributed by atoms with Gasteiger partial charge in [0.2, 0.25) is 0 Å². The Balaban J connectivity index is 1.56. The third-order valence-electron chi connectivity index (χ3n) is 4.33. The van der Waals surface area contributed by atoms with Crippen molar-refractivity contribution in [1.82, 2.24) is 14.8 Å². The van der Waals surface area contributed by atoms with Gasteiger partial charge in [-0.1, -0.05) is 18.2 Å².